The second-order valence-electron chi connectivity index (χ2n) is 24.1. The van der Waals surface area contributed by atoms with Crippen molar-refractivity contribution in [2.24, 2.45) is 71.0 Å². The second-order valence-corrected chi connectivity index (χ2v) is 24.1. The first-order valence-electron chi connectivity index (χ1n) is 28.2. The zero-order valence-electron chi connectivity index (χ0n) is 45.3. The monoisotopic (exact) mass is 1010 g/mol. The van der Waals surface area contributed by atoms with E-state index in [0.717, 1.165) is 80.0 Å². The predicted octanol–water partition coefficient (Wildman–Crippen LogP) is 9.96. The van der Waals surface area contributed by atoms with Gasteiger partial charge in [0.25, 0.3) is 47.3 Å². The minimum absolute atomic E-state index is 0.0840. The van der Waals surface area contributed by atoms with E-state index in [1.807, 2.05) is 0 Å². The molecule has 4 heterocycles. The normalized spacial score (nSPS) is 33.7. The molecule has 4 saturated carbocycles. The van der Waals surface area contributed by atoms with Crippen molar-refractivity contribution < 1.29 is 38.4 Å². The molecule has 12 heteroatoms. The standard InChI is InChI=1S/C17H23NO2.C16H21NO2.C15H19NO2.C14H17NO2/c1-11-12(2)17(20)18(16(11)19)8-4-3-5-14-9-13-6-7-15(14)10-13;1-10-11(2)16(19)17(15(10)18)7-3-4-13-8-12-5-6-14(13)9-12;1-9-10(2)15(18)16(14(9)17)6-5-13-8-11-3-4-12(13)7-11;1-8-9(2)14(17)15(13(8)16)7-12-6-10-3-4-11(12)5-10/h6-7,13-15H,3-5,8-10H2,1-2H3;5-6,12-14H,3-4,7-9H2,1-2H3;3-4,11-13H,5-8H2,1-2H3;3-4,10-12H,5-7H2,1-2H3. The van der Waals surface area contributed by atoms with Crippen LogP contribution in [0.3, 0.4) is 0 Å². The number of allylic oxidation sites excluding steroid dienone is 8. The van der Waals surface area contributed by atoms with Crippen molar-refractivity contribution in [1.29, 1.82) is 0 Å². The van der Waals surface area contributed by atoms with Crippen LogP contribution in [0, 0.1) is 71.0 Å². The highest BCUT2D eigenvalue weighted by atomic mass is 16.2. The number of hydrogen-bond donors (Lipinski definition) is 0. The van der Waals surface area contributed by atoms with E-state index in [9.17, 15) is 38.4 Å². The quantitative estimate of drug-likeness (QED) is 0.0949. The van der Waals surface area contributed by atoms with Gasteiger partial charge in [0.15, 0.2) is 0 Å². The van der Waals surface area contributed by atoms with Gasteiger partial charge >= 0.3 is 0 Å². The highest BCUT2D eigenvalue weighted by Gasteiger charge is 2.43. The highest BCUT2D eigenvalue weighted by molar-refractivity contribution is 6.20. The predicted molar refractivity (Wildman–Crippen MR) is 283 cm³/mol. The average Bonchev–Trinajstić information content (AvgIpc) is 4.28. The Bertz CT molecular complexity index is 2540. The summed E-state index contributed by atoms with van der Waals surface area (Å²) in [5.41, 5.74) is 4.95. The molecule has 0 radical (unpaired) electrons. The van der Waals surface area contributed by atoms with Gasteiger partial charge in [-0.1, -0.05) is 55.0 Å². The molecule has 0 saturated heterocycles. The highest BCUT2D eigenvalue weighted by Crippen LogP contribution is 2.48. The van der Waals surface area contributed by atoms with Crippen LogP contribution in [0.4, 0.5) is 0 Å². The van der Waals surface area contributed by atoms with Gasteiger partial charge in [-0.15, -0.1) is 0 Å². The second kappa shape index (κ2) is 22.0. The van der Waals surface area contributed by atoms with Gasteiger partial charge in [0.1, 0.15) is 0 Å². The summed E-state index contributed by atoms with van der Waals surface area (Å²) in [6.45, 7) is 16.3. The molecule has 396 valence electrons. The van der Waals surface area contributed by atoms with E-state index in [1.165, 1.54) is 71.0 Å². The zero-order chi connectivity index (χ0) is 52.9. The Kier molecular flexibility index (Phi) is 15.8. The molecule has 0 N–H and O–H groups in total. The van der Waals surface area contributed by atoms with Crippen LogP contribution in [-0.4, -0.2) is 93.0 Å². The molecule has 12 unspecified atom stereocenters. The summed E-state index contributed by atoms with van der Waals surface area (Å²) in [6.07, 6.45) is 35.2. The Labute approximate surface area is 439 Å². The third kappa shape index (κ3) is 10.5. The minimum atomic E-state index is -0.0876. The Morgan fingerprint density at radius 2 is 0.568 bits per heavy atom. The first-order chi connectivity index (χ1) is 35.3. The van der Waals surface area contributed by atoms with E-state index >= 15 is 0 Å². The van der Waals surface area contributed by atoms with Crippen LogP contribution >= 0.6 is 0 Å². The third-order valence-electron chi connectivity index (χ3n) is 19.7. The molecule has 12 atom stereocenters. The zero-order valence-corrected chi connectivity index (χ0v) is 45.3. The summed E-state index contributed by atoms with van der Waals surface area (Å²) in [7, 11) is 0. The maximum Gasteiger partial charge on any atom is 0.256 e. The van der Waals surface area contributed by atoms with Crippen LogP contribution < -0.4 is 0 Å². The van der Waals surface area contributed by atoms with Crippen molar-refractivity contribution >= 4 is 47.3 Å². The minimum Gasteiger partial charge on any atom is -0.275 e. The summed E-state index contributed by atoms with van der Waals surface area (Å²) in [6, 6.07) is 0. The summed E-state index contributed by atoms with van der Waals surface area (Å²) in [4.78, 5) is 101. The fourth-order valence-electron chi connectivity index (χ4n) is 14.5. The van der Waals surface area contributed by atoms with E-state index in [0.29, 0.717) is 100 Å². The van der Waals surface area contributed by atoms with Gasteiger partial charge in [-0.2, -0.15) is 0 Å². The van der Waals surface area contributed by atoms with Gasteiger partial charge in [0.2, 0.25) is 0 Å². The summed E-state index contributed by atoms with van der Waals surface area (Å²) in [5, 5.41) is 0. The van der Waals surface area contributed by atoms with Gasteiger partial charge in [-0.3, -0.25) is 58.0 Å². The topological polar surface area (TPSA) is 150 Å². The van der Waals surface area contributed by atoms with Crippen LogP contribution in [0.1, 0.15) is 145 Å². The van der Waals surface area contributed by atoms with Gasteiger partial charge in [-0.25, -0.2) is 0 Å². The number of rotatable bonds is 14. The largest absolute Gasteiger partial charge is 0.275 e. The summed E-state index contributed by atoms with van der Waals surface area (Å²) < 4.78 is 0. The average molecular weight is 1010 g/mol. The van der Waals surface area contributed by atoms with Gasteiger partial charge in [0, 0.05) is 70.8 Å². The number of imide groups is 4. The van der Waals surface area contributed by atoms with Crippen molar-refractivity contribution in [2.75, 3.05) is 26.2 Å². The number of carbonyl (C=O) groups is 8. The van der Waals surface area contributed by atoms with Crippen molar-refractivity contribution in [3.63, 3.8) is 0 Å². The van der Waals surface area contributed by atoms with Gasteiger partial charge < -0.3 is 0 Å². The van der Waals surface area contributed by atoms with Crippen molar-refractivity contribution in [3.8, 4) is 0 Å². The molecular weight excluding hydrogens is 929 g/mol. The van der Waals surface area contributed by atoms with Crippen LogP contribution in [0.2, 0.25) is 0 Å². The molecule has 0 aromatic heterocycles. The summed E-state index contributed by atoms with van der Waals surface area (Å²) in [5.74, 6) is 8.00. The molecule has 8 bridgehead atoms. The van der Waals surface area contributed by atoms with Gasteiger partial charge in [0.05, 0.1) is 0 Å². The Morgan fingerprint density at radius 1 is 0.297 bits per heavy atom. The molecule has 0 aromatic carbocycles. The molecular formula is C62H80N4O8. The first-order valence-corrected chi connectivity index (χ1v) is 28.2. The van der Waals surface area contributed by atoms with Crippen molar-refractivity contribution in [1.82, 2.24) is 19.6 Å². The molecule has 4 aliphatic heterocycles. The number of carbonyl (C=O) groups excluding carboxylic acids is 8. The van der Waals surface area contributed by atoms with E-state index in [4.69, 9.17) is 0 Å². The molecule has 74 heavy (non-hydrogen) atoms. The summed E-state index contributed by atoms with van der Waals surface area (Å²) >= 11 is 0. The number of hydrogen-bond acceptors (Lipinski definition) is 8. The van der Waals surface area contributed by atoms with Crippen molar-refractivity contribution in [3.05, 3.63) is 93.2 Å². The molecule has 4 fully saturated rings. The van der Waals surface area contributed by atoms with E-state index in [2.05, 4.69) is 48.6 Å². The maximum atomic E-state index is 11.9. The molecule has 12 rings (SSSR count). The number of nitrogens with zero attached hydrogens (tertiary/aromatic N) is 4. The molecule has 0 spiro atoms. The van der Waals surface area contributed by atoms with Crippen LogP contribution in [0.5, 0.6) is 0 Å². The smallest absolute Gasteiger partial charge is 0.256 e. The SMILES string of the molecule is CC1=C(C)C(=O)N(CC2CC3C=CC2C3)C1=O.CC1=C(C)C(=O)N(CCC2CC3C=CC2C3)C1=O.CC1=C(C)C(=O)N(CCCC2CC3C=CC2C3)C1=O.CC1=C(C)C(=O)N(CCCCC2CC3C=CC2C3)C1=O. The van der Waals surface area contributed by atoms with E-state index < -0.39 is 0 Å². The molecule has 12 aliphatic rings. The lowest BCUT2D eigenvalue weighted by molar-refractivity contribution is -0.139. The maximum absolute atomic E-state index is 11.9. The van der Waals surface area contributed by atoms with E-state index in [1.54, 1.807) is 55.4 Å². The first kappa shape index (κ1) is 53.3. The lowest BCUT2D eigenvalue weighted by Gasteiger charge is -2.24. The fourth-order valence-corrected chi connectivity index (χ4v) is 14.5. The van der Waals surface area contributed by atoms with Crippen LogP contribution in [0.15, 0.2) is 93.2 Å². The van der Waals surface area contributed by atoms with Crippen molar-refractivity contribution in [2.45, 2.75) is 145 Å². The molecule has 8 aliphatic carbocycles. The van der Waals surface area contributed by atoms with Gasteiger partial charge in [-0.05, 0) is 210 Å². The lowest BCUT2D eigenvalue weighted by Crippen LogP contribution is -2.37. The number of fused-ring (bicyclic) bond motifs is 8. The van der Waals surface area contributed by atoms with E-state index in [-0.39, 0.29) is 47.3 Å². The molecule has 0 aromatic rings. The third-order valence-corrected chi connectivity index (χ3v) is 19.7. The molecule has 8 amide bonds. The molecule has 12 nitrogen and oxygen atoms in total. The Hall–Kier alpha value is -5.52. The number of unbranched alkanes of at least 4 members (excludes halogenated alkanes) is 1. The number of amides is 8. The Balaban J connectivity index is 0.000000121. The lowest BCUT2D eigenvalue weighted by atomic mass is 9.89. The van der Waals surface area contributed by atoms with Crippen LogP contribution in [0.25, 0.3) is 0 Å². The fraction of sp³-hybridized carbons (Fsp3) is 0.613. The van der Waals surface area contributed by atoms with Crippen LogP contribution in [-0.2, 0) is 38.4 Å². The Morgan fingerprint density at radius 3 is 0.878 bits per heavy atom.